The Kier molecular flexibility index (Phi) is 6.87. The van der Waals surface area contributed by atoms with Crippen LogP contribution in [0.15, 0.2) is 12.5 Å². The standard InChI is InChI=1S/C14H24N4O3/c1-9(2)3-10(6-15)4-13(19)18-12(14(20)21)5-11-7-16-8-17-11/h7-10,12H,3-6,15H2,1-2H3,(H,16,17)(H,18,19)(H,20,21)/t10-,12-/m0/s1. The number of imidazole rings is 1. The zero-order valence-corrected chi connectivity index (χ0v) is 12.5. The van der Waals surface area contributed by atoms with Crippen molar-refractivity contribution in [1.82, 2.24) is 15.3 Å². The van der Waals surface area contributed by atoms with Crippen molar-refractivity contribution in [3.05, 3.63) is 18.2 Å². The van der Waals surface area contributed by atoms with Gasteiger partial charge < -0.3 is 21.1 Å². The van der Waals surface area contributed by atoms with E-state index in [4.69, 9.17) is 5.73 Å². The Morgan fingerprint density at radius 3 is 2.67 bits per heavy atom. The monoisotopic (exact) mass is 296 g/mol. The molecule has 7 nitrogen and oxygen atoms in total. The van der Waals surface area contributed by atoms with E-state index in [0.29, 0.717) is 18.2 Å². The smallest absolute Gasteiger partial charge is 0.326 e. The Balaban J connectivity index is 2.54. The van der Waals surface area contributed by atoms with Gasteiger partial charge >= 0.3 is 5.97 Å². The third-order valence-electron chi connectivity index (χ3n) is 3.22. The lowest BCUT2D eigenvalue weighted by atomic mass is 9.94. The number of aromatic amines is 1. The first-order valence-electron chi connectivity index (χ1n) is 7.11. The van der Waals surface area contributed by atoms with Crippen LogP contribution >= 0.6 is 0 Å². The minimum Gasteiger partial charge on any atom is -0.480 e. The number of carboxylic acids is 1. The molecule has 5 N–H and O–H groups in total. The summed E-state index contributed by atoms with van der Waals surface area (Å²) in [7, 11) is 0. The van der Waals surface area contributed by atoms with E-state index in [0.717, 1.165) is 6.42 Å². The minimum atomic E-state index is -1.06. The zero-order chi connectivity index (χ0) is 15.8. The molecule has 118 valence electrons. The third-order valence-corrected chi connectivity index (χ3v) is 3.22. The molecule has 1 amide bonds. The van der Waals surface area contributed by atoms with E-state index in [1.165, 1.54) is 6.33 Å². The quantitative estimate of drug-likeness (QED) is 0.529. The summed E-state index contributed by atoms with van der Waals surface area (Å²) in [6.07, 6.45) is 4.30. The lowest BCUT2D eigenvalue weighted by molar-refractivity contribution is -0.142. The molecular weight excluding hydrogens is 272 g/mol. The normalized spacial score (nSPS) is 13.9. The fourth-order valence-corrected chi connectivity index (χ4v) is 2.26. The summed E-state index contributed by atoms with van der Waals surface area (Å²) in [5, 5.41) is 11.7. The molecule has 0 bridgehead atoms. The van der Waals surface area contributed by atoms with Crippen molar-refractivity contribution in [2.75, 3.05) is 6.54 Å². The van der Waals surface area contributed by atoms with E-state index >= 15 is 0 Å². The molecule has 0 saturated heterocycles. The fraction of sp³-hybridized carbons (Fsp3) is 0.643. The maximum Gasteiger partial charge on any atom is 0.326 e. The summed E-state index contributed by atoms with van der Waals surface area (Å²) >= 11 is 0. The molecule has 0 aliphatic rings. The zero-order valence-electron chi connectivity index (χ0n) is 12.5. The van der Waals surface area contributed by atoms with E-state index in [1.807, 2.05) is 0 Å². The van der Waals surface area contributed by atoms with Gasteiger partial charge in [0.1, 0.15) is 6.04 Å². The predicted octanol–water partition coefficient (Wildman–Crippen LogP) is 0.533. The number of nitrogens with one attached hydrogen (secondary N) is 2. The number of hydrogen-bond acceptors (Lipinski definition) is 4. The van der Waals surface area contributed by atoms with Crippen molar-refractivity contribution in [3.8, 4) is 0 Å². The van der Waals surface area contributed by atoms with Crippen LogP contribution in [0.1, 0.15) is 32.4 Å². The van der Waals surface area contributed by atoms with Crippen LogP contribution in [0.5, 0.6) is 0 Å². The van der Waals surface area contributed by atoms with Crippen LogP contribution in [0, 0.1) is 11.8 Å². The van der Waals surface area contributed by atoms with E-state index in [-0.39, 0.29) is 24.7 Å². The highest BCUT2D eigenvalue weighted by Crippen LogP contribution is 2.14. The molecule has 0 aromatic carbocycles. The lowest BCUT2D eigenvalue weighted by Crippen LogP contribution is -2.43. The predicted molar refractivity (Wildman–Crippen MR) is 78.5 cm³/mol. The molecule has 1 aromatic heterocycles. The van der Waals surface area contributed by atoms with Gasteiger partial charge in [0.05, 0.1) is 6.33 Å². The van der Waals surface area contributed by atoms with Gasteiger partial charge in [-0.15, -0.1) is 0 Å². The summed E-state index contributed by atoms with van der Waals surface area (Å²) in [5.41, 5.74) is 6.33. The van der Waals surface area contributed by atoms with E-state index in [1.54, 1.807) is 6.20 Å². The van der Waals surface area contributed by atoms with Gasteiger partial charge in [-0.25, -0.2) is 9.78 Å². The second kappa shape index (κ2) is 8.41. The summed E-state index contributed by atoms with van der Waals surface area (Å²) in [6.45, 7) is 4.56. The van der Waals surface area contributed by atoms with Crippen LogP contribution in [0.4, 0.5) is 0 Å². The highest BCUT2D eigenvalue weighted by Gasteiger charge is 2.22. The number of nitrogens with two attached hydrogens (primary N) is 1. The van der Waals surface area contributed by atoms with Gasteiger partial charge in [0.15, 0.2) is 0 Å². The van der Waals surface area contributed by atoms with Crippen LogP contribution in [0.3, 0.4) is 0 Å². The maximum absolute atomic E-state index is 12.0. The SMILES string of the molecule is CC(C)C[C@H](CN)CC(=O)N[C@@H](Cc1cnc[nH]1)C(=O)O. The molecule has 0 aliphatic heterocycles. The number of rotatable bonds is 9. The molecule has 21 heavy (non-hydrogen) atoms. The number of amides is 1. The highest BCUT2D eigenvalue weighted by molar-refractivity contribution is 5.83. The van der Waals surface area contributed by atoms with Crippen molar-refractivity contribution in [2.45, 2.75) is 39.2 Å². The first-order valence-corrected chi connectivity index (χ1v) is 7.11. The molecule has 0 saturated carbocycles. The summed E-state index contributed by atoms with van der Waals surface area (Å²) in [4.78, 5) is 29.9. The van der Waals surface area contributed by atoms with Crippen LogP contribution < -0.4 is 11.1 Å². The van der Waals surface area contributed by atoms with Gasteiger partial charge in [-0.05, 0) is 24.8 Å². The minimum absolute atomic E-state index is 0.0756. The Morgan fingerprint density at radius 2 is 2.19 bits per heavy atom. The number of H-pyrrole nitrogens is 1. The van der Waals surface area contributed by atoms with Crippen LogP contribution in [-0.2, 0) is 16.0 Å². The first kappa shape index (κ1) is 17.2. The van der Waals surface area contributed by atoms with Gasteiger partial charge in [0, 0.05) is 24.7 Å². The van der Waals surface area contributed by atoms with Gasteiger partial charge in [0.25, 0.3) is 0 Å². The number of carboxylic acid groups (broad SMARTS) is 1. The largest absolute Gasteiger partial charge is 0.480 e. The molecule has 2 atom stereocenters. The van der Waals surface area contributed by atoms with Crippen LogP contribution in [0.2, 0.25) is 0 Å². The Labute approximate surface area is 124 Å². The Hall–Kier alpha value is -1.89. The summed E-state index contributed by atoms with van der Waals surface area (Å²) in [6, 6.07) is -0.963. The third kappa shape index (κ3) is 6.40. The van der Waals surface area contributed by atoms with Crippen molar-refractivity contribution in [2.24, 2.45) is 17.6 Å². The fourth-order valence-electron chi connectivity index (χ4n) is 2.26. The van der Waals surface area contributed by atoms with Gasteiger partial charge in [-0.3, -0.25) is 4.79 Å². The van der Waals surface area contributed by atoms with Crippen molar-refractivity contribution >= 4 is 11.9 Å². The molecule has 1 heterocycles. The average molecular weight is 296 g/mol. The van der Waals surface area contributed by atoms with Crippen molar-refractivity contribution < 1.29 is 14.7 Å². The second-order valence-corrected chi connectivity index (χ2v) is 5.67. The van der Waals surface area contributed by atoms with Gasteiger partial charge in [-0.2, -0.15) is 0 Å². The van der Waals surface area contributed by atoms with E-state index < -0.39 is 12.0 Å². The molecular formula is C14H24N4O3. The molecule has 0 unspecified atom stereocenters. The number of nitrogens with zero attached hydrogens (tertiary/aromatic N) is 1. The molecule has 0 aliphatic carbocycles. The van der Waals surface area contributed by atoms with Crippen LogP contribution in [-0.4, -0.2) is 39.5 Å². The number of carbonyl (C=O) groups is 2. The number of carbonyl (C=O) groups excluding carboxylic acids is 1. The molecule has 0 radical (unpaired) electrons. The first-order chi connectivity index (χ1) is 9.92. The van der Waals surface area contributed by atoms with Crippen molar-refractivity contribution in [1.29, 1.82) is 0 Å². The molecule has 7 heteroatoms. The molecule has 0 fully saturated rings. The van der Waals surface area contributed by atoms with E-state index in [9.17, 15) is 14.7 Å². The summed E-state index contributed by atoms with van der Waals surface area (Å²) in [5.74, 6) is -0.817. The topological polar surface area (TPSA) is 121 Å². The van der Waals surface area contributed by atoms with Crippen molar-refractivity contribution in [3.63, 3.8) is 0 Å². The molecule has 1 aromatic rings. The van der Waals surface area contributed by atoms with Gasteiger partial charge in [0.2, 0.25) is 5.91 Å². The Morgan fingerprint density at radius 1 is 1.48 bits per heavy atom. The number of hydrogen-bond donors (Lipinski definition) is 4. The summed E-state index contributed by atoms with van der Waals surface area (Å²) < 4.78 is 0. The highest BCUT2D eigenvalue weighted by atomic mass is 16.4. The van der Waals surface area contributed by atoms with E-state index in [2.05, 4.69) is 29.1 Å². The second-order valence-electron chi connectivity index (χ2n) is 5.67. The Bertz CT molecular complexity index is 445. The maximum atomic E-state index is 12.0. The van der Waals surface area contributed by atoms with Crippen LogP contribution in [0.25, 0.3) is 0 Å². The number of aliphatic carboxylic acids is 1. The number of aromatic nitrogens is 2. The average Bonchev–Trinajstić information content (AvgIpc) is 2.89. The lowest BCUT2D eigenvalue weighted by Gasteiger charge is -2.19. The van der Waals surface area contributed by atoms with Gasteiger partial charge in [-0.1, -0.05) is 13.8 Å². The molecule has 0 spiro atoms. The molecule has 1 rings (SSSR count).